The second kappa shape index (κ2) is 7.88. The Morgan fingerprint density at radius 3 is 2.38 bits per heavy atom. The Kier molecular flexibility index (Phi) is 4.89. The van der Waals surface area contributed by atoms with Gasteiger partial charge in [-0.2, -0.15) is 0 Å². The van der Waals surface area contributed by atoms with Crippen LogP contribution in [0.1, 0.15) is 39.6 Å². The monoisotopic (exact) mass is 432 g/mol. The summed E-state index contributed by atoms with van der Waals surface area (Å²) in [6.45, 7) is -0.0750. The minimum atomic E-state index is -0.485. The van der Waals surface area contributed by atoms with Gasteiger partial charge in [0.15, 0.2) is 5.82 Å². The Morgan fingerprint density at radius 1 is 1.03 bits per heavy atom. The molecule has 2 aliphatic rings. The van der Waals surface area contributed by atoms with Gasteiger partial charge in [-0.1, -0.05) is 12.1 Å². The molecule has 1 N–H and O–H groups in total. The molecule has 10 heteroatoms. The lowest BCUT2D eigenvalue weighted by Crippen LogP contribution is -2.41. The van der Waals surface area contributed by atoms with E-state index in [1.165, 1.54) is 4.68 Å². The summed E-state index contributed by atoms with van der Waals surface area (Å²) < 4.78 is 3.00. The zero-order valence-electron chi connectivity index (χ0n) is 17.1. The molecule has 0 radical (unpaired) electrons. The number of amides is 3. The zero-order valence-corrected chi connectivity index (χ0v) is 17.1. The molecule has 2 aromatic heterocycles. The Hall–Kier alpha value is -4.08. The van der Waals surface area contributed by atoms with Crippen molar-refractivity contribution in [3.8, 4) is 11.4 Å². The maximum atomic E-state index is 12.8. The molecule has 1 fully saturated rings. The van der Waals surface area contributed by atoms with Crippen LogP contribution < -0.4 is 11.0 Å². The van der Waals surface area contributed by atoms with E-state index in [2.05, 4.69) is 15.4 Å². The van der Waals surface area contributed by atoms with Crippen molar-refractivity contribution in [2.24, 2.45) is 0 Å². The van der Waals surface area contributed by atoms with Gasteiger partial charge in [-0.15, -0.1) is 5.10 Å². The summed E-state index contributed by atoms with van der Waals surface area (Å²) in [5.74, 6) is -0.896. The van der Waals surface area contributed by atoms with Crippen molar-refractivity contribution in [1.29, 1.82) is 0 Å². The summed E-state index contributed by atoms with van der Waals surface area (Å²) in [6, 6.07) is 10.2. The smallest absolute Gasteiger partial charge is 0.346 e. The minimum Gasteiger partial charge on any atom is -0.353 e. The number of nitrogens with one attached hydrogen (secondary N) is 1. The van der Waals surface area contributed by atoms with Gasteiger partial charge in [0.1, 0.15) is 6.54 Å². The fraction of sp³-hybridized carbons (Fsp3) is 0.273. The number of rotatable bonds is 7. The highest BCUT2D eigenvalue weighted by Crippen LogP contribution is 2.36. The van der Waals surface area contributed by atoms with Crippen LogP contribution in [0.3, 0.4) is 0 Å². The van der Waals surface area contributed by atoms with Gasteiger partial charge in [0, 0.05) is 30.5 Å². The minimum absolute atomic E-state index is 0.134. The Morgan fingerprint density at radius 2 is 1.75 bits per heavy atom. The van der Waals surface area contributed by atoms with Gasteiger partial charge in [-0.25, -0.2) is 9.48 Å². The van der Waals surface area contributed by atoms with Crippen LogP contribution in [0.25, 0.3) is 11.4 Å². The van der Waals surface area contributed by atoms with Crippen LogP contribution in [0.2, 0.25) is 0 Å². The molecule has 1 aromatic carbocycles. The maximum Gasteiger partial charge on any atom is 0.346 e. The standard InChI is InChI=1S/C22H20N6O4/c29-18(13-26-20(30)16-5-1-2-6-17(16)21(26)31)24-10-11-27-22(32)28(15-7-8-15)19(25-27)14-4-3-9-23-12-14/h1-6,9,12,15H,7-8,10-11,13H2,(H,24,29). The molecule has 10 nitrogen and oxygen atoms in total. The molecule has 1 aliphatic heterocycles. The molecule has 32 heavy (non-hydrogen) atoms. The predicted molar refractivity (Wildman–Crippen MR) is 113 cm³/mol. The Balaban J connectivity index is 1.24. The molecule has 162 valence electrons. The zero-order chi connectivity index (χ0) is 22.2. The number of pyridine rings is 1. The van der Waals surface area contributed by atoms with Crippen LogP contribution in [0.4, 0.5) is 0 Å². The average Bonchev–Trinajstić information content (AvgIpc) is 3.56. The highest BCUT2D eigenvalue weighted by atomic mass is 16.2. The molecule has 3 heterocycles. The van der Waals surface area contributed by atoms with Crippen molar-refractivity contribution in [2.45, 2.75) is 25.4 Å². The van der Waals surface area contributed by atoms with Crippen molar-refractivity contribution < 1.29 is 14.4 Å². The van der Waals surface area contributed by atoms with E-state index < -0.39 is 17.7 Å². The largest absolute Gasteiger partial charge is 0.353 e. The van der Waals surface area contributed by atoms with Crippen LogP contribution in [-0.4, -0.2) is 55.0 Å². The molecule has 3 aromatic rings. The third kappa shape index (κ3) is 3.49. The Labute approximate surface area is 182 Å². The van der Waals surface area contributed by atoms with Gasteiger partial charge < -0.3 is 5.32 Å². The summed E-state index contributed by atoms with van der Waals surface area (Å²) in [4.78, 5) is 55.0. The maximum absolute atomic E-state index is 12.8. The number of imide groups is 1. The number of hydrogen-bond acceptors (Lipinski definition) is 6. The van der Waals surface area contributed by atoms with Gasteiger partial charge in [-0.3, -0.25) is 28.8 Å². The van der Waals surface area contributed by atoms with E-state index >= 15 is 0 Å². The number of fused-ring (bicyclic) bond motifs is 1. The van der Waals surface area contributed by atoms with Crippen molar-refractivity contribution in [3.63, 3.8) is 0 Å². The lowest BCUT2D eigenvalue weighted by atomic mass is 10.1. The molecule has 5 rings (SSSR count). The summed E-state index contributed by atoms with van der Waals surface area (Å²) in [5, 5.41) is 7.11. The average molecular weight is 432 g/mol. The van der Waals surface area contributed by atoms with Crippen molar-refractivity contribution in [3.05, 3.63) is 70.4 Å². The number of aromatic nitrogens is 4. The molecule has 0 atom stereocenters. The summed E-state index contributed by atoms with van der Waals surface area (Å²) in [6.07, 6.45) is 5.17. The fourth-order valence-corrected chi connectivity index (χ4v) is 3.80. The molecule has 1 aliphatic carbocycles. The second-order valence-corrected chi connectivity index (χ2v) is 7.76. The van der Waals surface area contributed by atoms with E-state index in [-0.39, 0.29) is 31.4 Å². The number of benzene rings is 1. The van der Waals surface area contributed by atoms with Crippen LogP contribution in [0.5, 0.6) is 0 Å². The molecule has 0 unspecified atom stereocenters. The van der Waals surface area contributed by atoms with E-state index in [4.69, 9.17) is 0 Å². The normalized spacial score (nSPS) is 15.2. The quantitative estimate of drug-likeness (QED) is 0.553. The molecular formula is C22H20N6O4. The highest BCUT2D eigenvalue weighted by Gasteiger charge is 2.36. The van der Waals surface area contributed by atoms with Crippen LogP contribution >= 0.6 is 0 Å². The van der Waals surface area contributed by atoms with Crippen LogP contribution in [0, 0.1) is 0 Å². The number of carbonyl (C=O) groups is 3. The lowest BCUT2D eigenvalue weighted by molar-refractivity contribution is -0.121. The third-order valence-corrected chi connectivity index (χ3v) is 5.53. The van der Waals surface area contributed by atoms with Gasteiger partial charge in [0.2, 0.25) is 5.91 Å². The van der Waals surface area contributed by atoms with Crippen LogP contribution in [0.15, 0.2) is 53.6 Å². The summed E-state index contributed by atoms with van der Waals surface area (Å²) in [5.41, 5.74) is 1.11. The lowest BCUT2D eigenvalue weighted by Gasteiger charge is -2.13. The molecule has 0 saturated heterocycles. The Bertz CT molecular complexity index is 1240. The first-order valence-electron chi connectivity index (χ1n) is 10.4. The summed E-state index contributed by atoms with van der Waals surface area (Å²) in [7, 11) is 0. The van der Waals surface area contributed by atoms with E-state index in [0.29, 0.717) is 17.0 Å². The van der Waals surface area contributed by atoms with Gasteiger partial charge in [-0.05, 0) is 37.1 Å². The van der Waals surface area contributed by atoms with Crippen molar-refractivity contribution in [2.75, 3.05) is 13.1 Å². The SMILES string of the molecule is O=C(CN1C(=O)c2ccccc2C1=O)NCCn1nc(-c2cccnc2)n(C2CC2)c1=O. The van der Waals surface area contributed by atoms with Gasteiger partial charge >= 0.3 is 5.69 Å². The molecule has 1 saturated carbocycles. The molecule has 3 amide bonds. The number of nitrogens with zero attached hydrogens (tertiary/aromatic N) is 5. The number of carbonyl (C=O) groups excluding carboxylic acids is 3. The molecular weight excluding hydrogens is 412 g/mol. The number of hydrogen-bond donors (Lipinski definition) is 1. The van der Waals surface area contributed by atoms with Crippen LogP contribution in [-0.2, 0) is 11.3 Å². The van der Waals surface area contributed by atoms with E-state index in [0.717, 1.165) is 23.3 Å². The van der Waals surface area contributed by atoms with Gasteiger partial charge in [0.05, 0.1) is 17.7 Å². The predicted octanol–water partition coefficient (Wildman–Crippen LogP) is 0.854. The third-order valence-electron chi connectivity index (χ3n) is 5.53. The highest BCUT2D eigenvalue weighted by molar-refractivity contribution is 6.22. The fourth-order valence-electron chi connectivity index (χ4n) is 3.80. The first-order valence-corrected chi connectivity index (χ1v) is 10.4. The second-order valence-electron chi connectivity index (χ2n) is 7.76. The first-order chi connectivity index (χ1) is 15.5. The van der Waals surface area contributed by atoms with Crippen molar-refractivity contribution >= 4 is 17.7 Å². The molecule has 0 bridgehead atoms. The van der Waals surface area contributed by atoms with Crippen molar-refractivity contribution in [1.82, 2.24) is 29.5 Å². The molecule has 0 spiro atoms. The topological polar surface area (TPSA) is 119 Å². The van der Waals surface area contributed by atoms with E-state index in [1.54, 1.807) is 47.3 Å². The van der Waals surface area contributed by atoms with E-state index in [1.807, 2.05) is 6.07 Å². The first kappa shape index (κ1) is 19.9. The van der Waals surface area contributed by atoms with Gasteiger partial charge in [0.25, 0.3) is 11.8 Å². The van der Waals surface area contributed by atoms with E-state index in [9.17, 15) is 19.2 Å². The summed E-state index contributed by atoms with van der Waals surface area (Å²) >= 11 is 0.